The Hall–Kier alpha value is -2.02. The van der Waals surface area contributed by atoms with Crippen molar-refractivity contribution in [3.63, 3.8) is 0 Å². The highest BCUT2D eigenvalue weighted by atomic mass is 16.6. The molecule has 3 N–H and O–H groups in total. The van der Waals surface area contributed by atoms with Crippen LogP contribution >= 0.6 is 0 Å². The minimum absolute atomic E-state index is 0.0127. The zero-order chi connectivity index (χ0) is 13.8. The van der Waals surface area contributed by atoms with E-state index in [4.69, 9.17) is 15.2 Å². The lowest BCUT2D eigenvalue weighted by molar-refractivity contribution is -0.384. The summed E-state index contributed by atoms with van der Waals surface area (Å²) in [5, 5.41) is 14.2. The number of hydrogen-bond donors (Lipinski definition) is 2. The molecule has 0 saturated heterocycles. The van der Waals surface area contributed by atoms with E-state index in [1.165, 1.54) is 6.07 Å². The van der Waals surface area contributed by atoms with Gasteiger partial charge in [-0.25, -0.2) is 0 Å². The summed E-state index contributed by atoms with van der Waals surface area (Å²) in [7, 11) is 0. The first-order chi connectivity index (χ1) is 9.15. The highest BCUT2D eigenvalue weighted by Crippen LogP contribution is 2.39. The molecule has 1 atom stereocenters. The molecule has 0 aromatic heterocycles. The topological polar surface area (TPSA) is 99.7 Å². The van der Waals surface area contributed by atoms with Crippen molar-refractivity contribution in [2.45, 2.75) is 19.4 Å². The third-order valence-electron chi connectivity index (χ3n) is 2.99. The van der Waals surface area contributed by atoms with Gasteiger partial charge in [0.25, 0.3) is 5.69 Å². The summed E-state index contributed by atoms with van der Waals surface area (Å²) >= 11 is 0. The van der Waals surface area contributed by atoms with Crippen LogP contribution in [-0.4, -0.2) is 30.7 Å². The summed E-state index contributed by atoms with van der Waals surface area (Å²) in [6.07, 6.45) is 0.780. The van der Waals surface area contributed by atoms with Gasteiger partial charge >= 0.3 is 0 Å². The fourth-order valence-electron chi connectivity index (χ4n) is 1.89. The third-order valence-corrected chi connectivity index (χ3v) is 2.99. The summed E-state index contributed by atoms with van der Waals surface area (Å²) in [6, 6.07) is 2.98. The monoisotopic (exact) mass is 267 g/mol. The number of nitrogens with zero attached hydrogens (tertiary/aromatic N) is 1. The second-order valence-corrected chi connectivity index (χ2v) is 4.26. The Labute approximate surface area is 110 Å². The van der Waals surface area contributed by atoms with Gasteiger partial charge in [0, 0.05) is 18.7 Å². The molecule has 1 aliphatic rings. The first-order valence-electron chi connectivity index (χ1n) is 6.20. The number of nitrogens with two attached hydrogens (primary N) is 1. The molecule has 1 aliphatic heterocycles. The number of nitro groups is 1. The molecule has 1 aromatic rings. The van der Waals surface area contributed by atoms with Crippen LogP contribution in [-0.2, 0) is 0 Å². The van der Waals surface area contributed by atoms with E-state index >= 15 is 0 Å². The predicted molar refractivity (Wildman–Crippen MR) is 70.8 cm³/mol. The molecular weight excluding hydrogens is 250 g/mol. The average molecular weight is 267 g/mol. The SMILES string of the molecule is CCC(CN)Nc1cc2c(cc1[N+](=O)[O-])OCCO2. The minimum Gasteiger partial charge on any atom is -0.486 e. The first kappa shape index (κ1) is 13.4. The van der Waals surface area contributed by atoms with Gasteiger partial charge in [-0.15, -0.1) is 0 Å². The van der Waals surface area contributed by atoms with Crippen molar-refractivity contribution >= 4 is 11.4 Å². The van der Waals surface area contributed by atoms with Gasteiger partial charge in [0.1, 0.15) is 18.9 Å². The zero-order valence-corrected chi connectivity index (χ0v) is 10.7. The van der Waals surface area contributed by atoms with Crippen LogP contribution < -0.4 is 20.5 Å². The summed E-state index contributed by atoms with van der Waals surface area (Å²) in [4.78, 5) is 10.7. The number of rotatable bonds is 5. The minimum atomic E-state index is -0.441. The van der Waals surface area contributed by atoms with E-state index in [0.717, 1.165) is 6.42 Å². The lowest BCUT2D eigenvalue weighted by atomic mass is 10.1. The van der Waals surface area contributed by atoms with Gasteiger partial charge in [0.2, 0.25) is 0 Å². The van der Waals surface area contributed by atoms with Gasteiger partial charge in [-0.3, -0.25) is 10.1 Å². The Bertz CT molecular complexity index is 474. The van der Waals surface area contributed by atoms with Crippen molar-refractivity contribution in [2.24, 2.45) is 5.73 Å². The Morgan fingerprint density at radius 1 is 1.42 bits per heavy atom. The number of anilines is 1. The van der Waals surface area contributed by atoms with Gasteiger partial charge in [-0.1, -0.05) is 6.92 Å². The molecule has 0 spiro atoms. The molecule has 1 heterocycles. The van der Waals surface area contributed by atoms with E-state index in [1.54, 1.807) is 6.07 Å². The molecule has 1 aromatic carbocycles. The van der Waals surface area contributed by atoms with Crippen molar-refractivity contribution in [3.8, 4) is 11.5 Å². The quantitative estimate of drug-likeness (QED) is 0.619. The van der Waals surface area contributed by atoms with Gasteiger partial charge in [0.15, 0.2) is 11.5 Å². The van der Waals surface area contributed by atoms with E-state index in [-0.39, 0.29) is 11.7 Å². The maximum atomic E-state index is 11.1. The predicted octanol–water partition coefficient (Wildman–Crippen LogP) is 1.52. The summed E-state index contributed by atoms with van der Waals surface area (Å²) < 4.78 is 10.8. The maximum Gasteiger partial charge on any atom is 0.296 e. The number of ether oxygens (including phenoxy) is 2. The Morgan fingerprint density at radius 2 is 2.05 bits per heavy atom. The van der Waals surface area contributed by atoms with Crippen LogP contribution in [0.3, 0.4) is 0 Å². The highest BCUT2D eigenvalue weighted by Gasteiger charge is 2.23. The molecule has 0 bridgehead atoms. The van der Waals surface area contributed by atoms with Crippen LogP contribution in [0.1, 0.15) is 13.3 Å². The number of nitro benzene ring substituents is 1. The molecule has 0 radical (unpaired) electrons. The molecule has 19 heavy (non-hydrogen) atoms. The molecule has 104 valence electrons. The maximum absolute atomic E-state index is 11.1. The fourth-order valence-corrected chi connectivity index (χ4v) is 1.89. The van der Waals surface area contributed by atoms with Gasteiger partial charge in [-0.05, 0) is 6.42 Å². The van der Waals surface area contributed by atoms with E-state index < -0.39 is 4.92 Å². The normalized spacial score (nSPS) is 14.8. The molecule has 0 amide bonds. The number of nitrogens with one attached hydrogen (secondary N) is 1. The molecule has 7 heteroatoms. The first-order valence-corrected chi connectivity index (χ1v) is 6.20. The van der Waals surface area contributed by atoms with E-state index in [9.17, 15) is 10.1 Å². The summed E-state index contributed by atoms with van der Waals surface area (Å²) in [5.74, 6) is 0.926. The lowest BCUT2D eigenvalue weighted by Gasteiger charge is -2.21. The highest BCUT2D eigenvalue weighted by molar-refractivity contribution is 5.69. The molecule has 0 saturated carbocycles. The number of benzene rings is 1. The molecular formula is C12H17N3O4. The molecule has 0 fully saturated rings. The zero-order valence-electron chi connectivity index (χ0n) is 10.7. The van der Waals surface area contributed by atoms with Crippen molar-refractivity contribution < 1.29 is 14.4 Å². The molecule has 0 aliphatic carbocycles. The van der Waals surface area contributed by atoms with E-state index in [1.807, 2.05) is 6.92 Å². The van der Waals surface area contributed by atoms with Crippen LogP contribution in [0, 0.1) is 10.1 Å². The third kappa shape index (κ3) is 2.87. The van der Waals surface area contributed by atoms with Crippen molar-refractivity contribution in [1.82, 2.24) is 0 Å². The molecule has 2 rings (SSSR count). The van der Waals surface area contributed by atoms with Crippen LogP contribution in [0.25, 0.3) is 0 Å². The Balaban J connectivity index is 2.36. The Kier molecular flexibility index (Phi) is 4.06. The van der Waals surface area contributed by atoms with Gasteiger partial charge in [-0.2, -0.15) is 0 Å². The molecule has 1 unspecified atom stereocenters. The fraction of sp³-hybridized carbons (Fsp3) is 0.500. The second kappa shape index (κ2) is 5.75. The Morgan fingerprint density at radius 3 is 2.58 bits per heavy atom. The van der Waals surface area contributed by atoms with Crippen LogP contribution in [0.15, 0.2) is 12.1 Å². The van der Waals surface area contributed by atoms with Crippen molar-refractivity contribution in [2.75, 3.05) is 25.1 Å². The van der Waals surface area contributed by atoms with Crippen molar-refractivity contribution in [1.29, 1.82) is 0 Å². The second-order valence-electron chi connectivity index (χ2n) is 4.26. The van der Waals surface area contributed by atoms with Gasteiger partial charge < -0.3 is 20.5 Å². The largest absolute Gasteiger partial charge is 0.486 e. The lowest BCUT2D eigenvalue weighted by Crippen LogP contribution is -2.28. The van der Waals surface area contributed by atoms with Crippen LogP contribution in [0.2, 0.25) is 0 Å². The number of hydrogen-bond acceptors (Lipinski definition) is 6. The van der Waals surface area contributed by atoms with Gasteiger partial charge in [0.05, 0.1) is 11.0 Å². The average Bonchev–Trinajstić information content (AvgIpc) is 2.43. The van der Waals surface area contributed by atoms with E-state index in [2.05, 4.69) is 5.32 Å². The van der Waals surface area contributed by atoms with E-state index in [0.29, 0.717) is 36.9 Å². The standard InChI is InChI=1S/C12H17N3O4/c1-2-8(7-13)14-9-5-11-12(19-4-3-18-11)6-10(9)15(16)17/h5-6,8,14H,2-4,7,13H2,1H3. The van der Waals surface area contributed by atoms with Crippen molar-refractivity contribution in [3.05, 3.63) is 22.2 Å². The molecule has 7 nitrogen and oxygen atoms in total. The summed E-state index contributed by atoms with van der Waals surface area (Å²) in [6.45, 7) is 3.21. The number of fused-ring (bicyclic) bond motifs is 1. The van der Waals surface area contributed by atoms with Crippen LogP contribution in [0.5, 0.6) is 11.5 Å². The van der Waals surface area contributed by atoms with Crippen LogP contribution in [0.4, 0.5) is 11.4 Å². The smallest absolute Gasteiger partial charge is 0.296 e. The summed E-state index contributed by atoms with van der Waals surface area (Å²) in [5.41, 5.74) is 5.98.